The molecule has 2 aromatic rings. The highest BCUT2D eigenvalue weighted by Crippen LogP contribution is 2.19. The van der Waals surface area contributed by atoms with Crippen LogP contribution < -0.4 is 4.74 Å². The average molecular weight is 472 g/mol. The molecule has 0 atom stereocenters. The molecule has 0 spiro atoms. The zero-order valence-electron chi connectivity index (χ0n) is 17.5. The lowest BCUT2D eigenvalue weighted by atomic mass is 10.2. The summed E-state index contributed by atoms with van der Waals surface area (Å²) in [5.41, 5.74) is 0.831. The third kappa shape index (κ3) is 6.21. The van der Waals surface area contributed by atoms with Gasteiger partial charge in [0.1, 0.15) is 11.6 Å². The molecule has 0 N–H and O–H groups in total. The Balaban J connectivity index is 1.49. The molecule has 2 aromatic carbocycles. The minimum absolute atomic E-state index is 0.0170. The maximum atomic E-state index is 13.1. The van der Waals surface area contributed by atoms with Crippen LogP contribution >= 0.6 is 0 Å². The summed E-state index contributed by atoms with van der Waals surface area (Å²) in [5, 5.41) is 0. The minimum Gasteiger partial charge on any atom is -0.435 e. The Hall–Kier alpha value is -2.63. The predicted octanol–water partition coefficient (Wildman–Crippen LogP) is 2.39. The van der Waals surface area contributed by atoms with E-state index in [1.807, 2.05) is 0 Å². The second-order valence-corrected chi connectivity index (χ2v) is 9.37. The van der Waals surface area contributed by atoms with Crippen molar-refractivity contribution in [1.82, 2.24) is 14.1 Å². The van der Waals surface area contributed by atoms with Gasteiger partial charge in [0, 0.05) is 32.7 Å². The average Bonchev–Trinajstić information content (AvgIpc) is 2.75. The summed E-state index contributed by atoms with van der Waals surface area (Å²) in [6.07, 6.45) is 0. The molecule has 11 heteroatoms. The van der Waals surface area contributed by atoms with Crippen LogP contribution in [0.2, 0.25) is 0 Å². The van der Waals surface area contributed by atoms with E-state index in [4.69, 9.17) is 0 Å². The number of halogens is 3. The van der Waals surface area contributed by atoms with Crippen LogP contribution in [0.1, 0.15) is 5.56 Å². The van der Waals surface area contributed by atoms with Crippen LogP contribution in [-0.4, -0.2) is 74.8 Å². The molecule has 0 unspecified atom stereocenters. The predicted molar refractivity (Wildman–Crippen MR) is 111 cm³/mol. The van der Waals surface area contributed by atoms with E-state index in [9.17, 15) is 26.4 Å². The van der Waals surface area contributed by atoms with Gasteiger partial charge in [0.05, 0.1) is 11.4 Å². The summed E-state index contributed by atoms with van der Waals surface area (Å²) < 4.78 is 68.5. The van der Waals surface area contributed by atoms with Crippen molar-refractivity contribution < 1.29 is 31.1 Å². The molecule has 1 saturated heterocycles. The molecule has 1 heterocycles. The smallest absolute Gasteiger partial charge is 0.387 e. The third-order valence-electron chi connectivity index (χ3n) is 5.05. The number of amides is 1. The number of rotatable bonds is 8. The number of nitrogens with zero attached hydrogens (tertiary/aromatic N) is 3. The normalized spacial score (nSPS) is 15.4. The van der Waals surface area contributed by atoms with Gasteiger partial charge in [-0.25, -0.2) is 12.8 Å². The van der Waals surface area contributed by atoms with Gasteiger partial charge >= 0.3 is 6.61 Å². The van der Waals surface area contributed by atoms with Crippen molar-refractivity contribution in [1.29, 1.82) is 0 Å². The van der Waals surface area contributed by atoms with Gasteiger partial charge in [0.2, 0.25) is 15.9 Å². The number of sulfonamides is 1. The van der Waals surface area contributed by atoms with Gasteiger partial charge in [-0.05, 0) is 49.0 Å². The fourth-order valence-corrected chi connectivity index (χ4v) is 4.83. The maximum Gasteiger partial charge on any atom is 0.387 e. The maximum absolute atomic E-state index is 13.1. The first-order chi connectivity index (χ1) is 15.1. The number of piperazine rings is 1. The van der Waals surface area contributed by atoms with Crippen molar-refractivity contribution in [3.63, 3.8) is 0 Å². The van der Waals surface area contributed by atoms with Gasteiger partial charge in [-0.3, -0.25) is 9.69 Å². The number of carbonyl (C=O) groups excluding carboxylic acids is 1. The number of ether oxygens (including phenoxy) is 1. The largest absolute Gasteiger partial charge is 0.435 e. The van der Waals surface area contributed by atoms with Crippen LogP contribution in [0.25, 0.3) is 0 Å². The van der Waals surface area contributed by atoms with Crippen molar-refractivity contribution in [2.75, 3.05) is 39.8 Å². The standard InChI is InChI=1S/C21H24F3N3O4S/c1-25(14-16-2-6-18(7-3-16)31-21(23)24)15-20(28)26-10-12-27(13-11-26)32(29,30)19-8-4-17(22)5-9-19/h2-9,21H,10-15H2,1H3. The molecule has 0 aliphatic carbocycles. The van der Waals surface area contributed by atoms with Crippen LogP contribution in [0, 0.1) is 5.82 Å². The third-order valence-corrected chi connectivity index (χ3v) is 6.96. The quantitative estimate of drug-likeness (QED) is 0.592. The second-order valence-electron chi connectivity index (χ2n) is 7.43. The highest BCUT2D eigenvalue weighted by molar-refractivity contribution is 7.89. The zero-order valence-corrected chi connectivity index (χ0v) is 18.3. The van der Waals surface area contributed by atoms with Gasteiger partial charge < -0.3 is 9.64 Å². The topological polar surface area (TPSA) is 70.2 Å². The summed E-state index contributed by atoms with van der Waals surface area (Å²) in [4.78, 5) is 16.0. The molecule has 1 aliphatic rings. The molecule has 0 aromatic heterocycles. The molecule has 32 heavy (non-hydrogen) atoms. The van der Waals surface area contributed by atoms with Crippen molar-refractivity contribution in [2.45, 2.75) is 18.1 Å². The fraction of sp³-hybridized carbons (Fsp3) is 0.381. The van der Waals surface area contributed by atoms with E-state index in [0.29, 0.717) is 6.54 Å². The second kappa shape index (κ2) is 10.3. The number of hydrogen-bond acceptors (Lipinski definition) is 5. The van der Waals surface area contributed by atoms with Crippen LogP contribution in [0.3, 0.4) is 0 Å². The molecule has 3 rings (SSSR count). The lowest BCUT2D eigenvalue weighted by Gasteiger charge is -2.34. The summed E-state index contributed by atoms with van der Waals surface area (Å²) in [6.45, 7) is -1.51. The summed E-state index contributed by atoms with van der Waals surface area (Å²) in [6, 6.07) is 10.8. The van der Waals surface area contributed by atoms with Crippen LogP contribution in [0.5, 0.6) is 5.75 Å². The number of alkyl halides is 2. The van der Waals surface area contributed by atoms with Crippen molar-refractivity contribution in [3.8, 4) is 5.75 Å². The highest BCUT2D eigenvalue weighted by Gasteiger charge is 2.30. The Kier molecular flexibility index (Phi) is 7.75. The molecule has 7 nitrogen and oxygen atoms in total. The molecule has 0 bridgehead atoms. The van der Waals surface area contributed by atoms with E-state index in [2.05, 4.69) is 4.74 Å². The number of likely N-dealkylation sites (N-methyl/N-ethyl adjacent to an activating group) is 1. The first kappa shape index (κ1) is 24.0. The number of hydrogen-bond donors (Lipinski definition) is 0. The van der Waals surface area contributed by atoms with Gasteiger partial charge in [-0.2, -0.15) is 13.1 Å². The van der Waals surface area contributed by atoms with Crippen molar-refractivity contribution in [3.05, 3.63) is 59.9 Å². The molecular weight excluding hydrogens is 447 g/mol. The summed E-state index contributed by atoms with van der Waals surface area (Å²) >= 11 is 0. The Bertz CT molecular complexity index is 1010. The van der Waals surface area contributed by atoms with E-state index in [0.717, 1.165) is 17.7 Å². The summed E-state index contributed by atoms with van der Waals surface area (Å²) in [5.74, 6) is -0.583. The molecule has 1 amide bonds. The first-order valence-corrected chi connectivity index (χ1v) is 11.3. The van der Waals surface area contributed by atoms with E-state index >= 15 is 0 Å². The van der Waals surface area contributed by atoms with E-state index in [-0.39, 0.29) is 49.3 Å². The Morgan fingerprint density at radius 3 is 2.19 bits per heavy atom. The Morgan fingerprint density at radius 2 is 1.62 bits per heavy atom. The molecule has 1 aliphatic heterocycles. The molecule has 174 valence electrons. The van der Waals surface area contributed by atoms with Gasteiger partial charge in [0.25, 0.3) is 0 Å². The minimum atomic E-state index is -3.74. The lowest BCUT2D eigenvalue weighted by Crippen LogP contribution is -2.52. The SMILES string of the molecule is CN(CC(=O)N1CCN(S(=O)(=O)c2ccc(F)cc2)CC1)Cc1ccc(OC(F)F)cc1. The highest BCUT2D eigenvalue weighted by atomic mass is 32.2. The van der Waals surface area contributed by atoms with Gasteiger partial charge in [0.15, 0.2) is 0 Å². The van der Waals surface area contributed by atoms with Crippen molar-refractivity contribution >= 4 is 15.9 Å². The fourth-order valence-electron chi connectivity index (χ4n) is 3.41. The van der Waals surface area contributed by atoms with Crippen molar-refractivity contribution in [2.24, 2.45) is 0 Å². The van der Waals surface area contributed by atoms with E-state index < -0.39 is 22.5 Å². The van der Waals surface area contributed by atoms with Crippen LogP contribution in [0.15, 0.2) is 53.4 Å². The Labute approximate surface area is 185 Å². The van der Waals surface area contributed by atoms with Gasteiger partial charge in [-0.15, -0.1) is 0 Å². The zero-order chi connectivity index (χ0) is 23.3. The monoisotopic (exact) mass is 471 g/mol. The molecule has 1 fully saturated rings. The summed E-state index contributed by atoms with van der Waals surface area (Å²) in [7, 11) is -1.98. The van der Waals surface area contributed by atoms with E-state index in [1.54, 1.807) is 29.0 Å². The first-order valence-electron chi connectivity index (χ1n) is 9.91. The lowest BCUT2D eigenvalue weighted by molar-refractivity contribution is -0.133. The number of carbonyl (C=O) groups is 1. The molecular formula is C21H24F3N3O4S. The number of benzene rings is 2. The van der Waals surface area contributed by atoms with Gasteiger partial charge in [-0.1, -0.05) is 12.1 Å². The van der Waals surface area contributed by atoms with Crippen LogP contribution in [-0.2, 0) is 21.4 Å². The molecule has 0 saturated carbocycles. The Morgan fingerprint density at radius 1 is 1.03 bits per heavy atom. The molecule has 0 radical (unpaired) electrons. The van der Waals surface area contributed by atoms with E-state index in [1.165, 1.54) is 28.6 Å². The van der Waals surface area contributed by atoms with Crippen LogP contribution in [0.4, 0.5) is 13.2 Å².